The van der Waals surface area contributed by atoms with Gasteiger partial charge in [0.1, 0.15) is 0 Å². The zero-order chi connectivity index (χ0) is 12.0. The molecule has 17 heavy (non-hydrogen) atoms. The van der Waals surface area contributed by atoms with Crippen LogP contribution in [0.5, 0.6) is 0 Å². The van der Waals surface area contributed by atoms with Gasteiger partial charge in [-0.15, -0.1) is 0 Å². The standard InChI is InChI=1S/2C8H9.Cd/c2*1-7-4-3-5-8(2)6-7;/h2*3-5H,1-2H3;/q2*-1;+2. The summed E-state index contributed by atoms with van der Waals surface area (Å²) in [5.41, 5.74) is 4.85. The van der Waals surface area contributed by atoms with Gasteiger partial charge in [0.2, 0.25) is 0 Å². The smallest absolute Gasteiger partial charge is 0.177 e. The van der Waals surface area contributed by atoms with Crippen LogP contribution in [0.4, 0.5) is 0 Å². The summed E-state index contributed by atoms with van der Waals surface area (Å²) < 4.78 is 0. The average Bonchev–Trinajstić information content (AvgIpc) is 2.17. The third-order valence-corrected chi connectivity index (χ3v) is 2.17. The van der Waals surface area contributed by atoms with Crippen LogP contribution < -0.4 is 0 Å². The molecule has 0 N–H and O–H groups in total. The van der Waals surface area contributed by atoms with E-state index in [1.165, 1.54) is 22.3 Å². The molecular weight excluding hydrogens is 305 g/mol. The predicted molar refractivity (Wildman–Crippen MR) is 69.5 cm³/mol. The molecule has 0 aliphatic carbocycles. The molecule has 0 spiro atoms. The summed E-state index contributed by atoms with van der Waals surface area (Å²) >= 11 is 0. The summed E-state index contributed by atoms with van der Waals surface area (Å²) in [6.45, 7) is 8.19. The Labute approximate surface area is 125 Å². The third kappa shape index (κ3) is 7.32. The van der Waals surface area contributed by atoms with Crippen LogP contribution >= 0.6 is 0 Å². The van der Waals surface area contributed by atoms with Gasteiger partial charge in [-0.3, -0.25) is 0 Å². The van der Waals surface area contributed by atoms with Crippen molar-refractivity contribution in [2.24, 2.45) is 0 Å². The summed E-state index contributed by atoms with van der Waals surface area (Å²) in [5.74, 6) is 0. The predicted octanol–water partition coefficient (Wildman–Crippen LogP) is 4.20. The number of hydrogen-bond donors (Lipinski definition) is 0. The van der Waals surface area contributed by atoms with E-state index in [9.17, 15) is 0 Å². The molecule has 1 heteroatoms. The van der Waals surface area contributed by atoms with Crippen LogP contribution in [0.3, 0.4) is 0 Å². The summed E-state index contributed by atoms with van der Waals surface area (Å²) in [6.07, 6.45) is 0. The number of rotatable bonds is 0. The van der Waals surface area contributed by atoms with Gasteiger partial charge in [-0.1, -0.05) is 27.7 Å². The normalized spacial score (nSPS) is 8.71. The van der Waals surface area contributed by atoms with Crippen LogP contribution in [0.25, 0.3) is 0 Å². The Morgan fingerprint density at radius 3 is 0.941 bits per heavy atom. The summed E-state index contributed by atoms with van der Waals surface area (Å²) in [5, 5.41) is 0. The van der Waals surface area contributed by atoms with Crippen molar-refractivity contribution in [3.05, 3.63) is 70.8 Å². The van der Waals surface area contributed by atoms with Gasteiger partial charge in [-0.05, 0) is 0 Å². The van der Waals surface area contributed by atoms with Gasteiger partial charge in [0.15, 0.2) is 0 Å². The van der Waals surface area contributed by atoms with Crippen molar-refractivity contribution in [2.75, 3.05) is 0 Å². The first kappa shape index (κ1) is 16.4. The van der Waals surface area contributed by atoms with E-state index in [1.807, 2.05) is 64.1 Å². The Balaban J connectivity index is 0.000000284. The molecule has 0 radical (unpaired) electrons. The minimum absolute atomic E-state index is 0. The van der Waals surface area contributed by atoms with Crippen molar-refractivity contribution in [2.45, 2.75) is 27.7 Å². The Hall–Kier alpha value is -0.638. The quantitative estimate of drug-likeness (QED) is 0.503. The maximum atomic E-state index is 3.17. The van der Waals surface area contributed by atoms with Crippen LogP contribution in [0.2, 0.25) is 0 Å². The average molecular weight is 323 g/mol. The maximum absolute atomic E-state index is 3.17. The van der Waals surface area contributed by atoms with Gasteiger partial charge < -0.3 is 0 Å². The SMILES string of the molecule is Cc1[c-]c(C)ccc1.Cc1[c-]c(C)ccc1.[Cd+2]. The molecule has 0 aliphatic rings. The third-order valence-electron chi connectivity index (χ3n) is 2.17. The largest absolute Gasteiger partial charge is 2.00 e. The Kier molecular flexibility index (Phi) is 8.14. The van der Waals surface area contributed by atoms with E-state index in [4.69, 9.17) is 0 Å². The van der Waals surface area contributed by atoms with Gasteiger partial charge in [0.25, 0.3) is 0 Å². The zero-order valence-corrected chi connectivity index (χ0v) is 15.2. The van der Waals surface area contributed by atoms with Crippen molar-refractivity contribution in [1.82, 2.24) is 0 Å². The molecule has 0 bridgehead atoms. The molecule has 0 nitrogen and oxygen atoms in total. The van der Waals surface area contributed by atoms with E-state index in [0.717, 1.165) is 0 Å². The van der Waals surface area contributed by atoms with E-state index in [1.54, 1.807) is 0 Å². The van der Waals surface area contributed by atoms with Crippen molar-refractivity contribution >= 4 is 0 Å². The molecule has 0 aliphatic heterocycles. The van der Waals surface area contributed by atoms with Gasteiger partial charge in [-0.25, -0.2) is 0 Å². The molecule has 2 rings (SSSR count). The zero-order valence-electron chi connectivity index (χ0n) is 11.2. The fourth-order valence-electron chi connectivity index (χ4n) is 1.46. The van der Waals surface area contributed by atoms with Crippen LogP contribution in [0, 0.1) is 39.8 Å². The van der Waals surface area contributed by atoms with E-state index >= 15 is 0 Å². The molecule has 0 aromatic heterocycles. The molecular formula is C16H18Cd. The summed E-state index contributed by atoms with van der Waals surface area (Å²) in [7, 11) is 0. The Morgan fingerprint density at radius 2 is 0.824 bits per heavy atom. The molecule has 0 atom stereocenters. The second-order valence-corrected chi connectivity index (χ2v) is 4.03. The fourth-order valence-corrected chi connectivity index (χ4v) is 1.46. The van der Waals surface area contributed by atoms with E-state index < -0.39 is 0 Å². The number of benzene rings is 2. The van der Waals surface area contributed by atoms with Crippen molar-refractivity contribution in [3.63, 3.8) is 0 Å². The van der Waals surface area contributed by atoms with Crippen LogP contribution in [-0.4, -0.2) is 0 Å². The first-order chi connectivity index (χ1) is 7.58. The maximum Gasteiger partial charge on any atom is 2.00 e. The molecule has 0 heterocycles. The molecule has 2 aromatic carbocycles. The van der Waals surface area contributed by atoms with Crippen molar-refractivity contribution < 1.29 is 27.3 Å². The molecule has 0 fully saturated rings. The Bertz CT molecular complexity index is 369. The van der Waals surface area contributed by atoms with Gasteiger partial charge in [0, 0.05) is 0 Å². The fraction of sp³-hybridized carbons (Fsp3) is 0.250. The number of aryl methyl sites for hydroxylation is 4. The van der Waals surface area contributed by atoms with E-state index in [-0.39, 0.29) is 27.3 Å². The van der Waals surface area contributed by atoms with Gasteiger partial charge >= 0.3 is 27.3 Å². The Morgan fingerprint density at radius 1 is 0.588 bits per heavy atom. The molecule has 0 amide bonds. The first-order valence-electron chi connectivity index (χ1n) is 5.49. The molecule has 2 aromatic rings. The molecule has 84 valence electrons. The minimum Gasteiger partial charge on any atom is -0.177 e. The van der Waals surface area contributed by atoms with Gasteiger partial charge in [0.05, 0.1) is 0 Å². The van der Waals surface area contributed by atoms with Crippen molar-refractivity contribution in [3.8, 4) is 0 Å². The first-order valence-corrected chi connectivity index (χ1v) is 5.49. The van der Waals surface area contributed by atoms with E-state index in [2.05, 4.69) is 12.1 Å². The molecule has 0 saturated heterocycles. The minimum atomic E-state index is 0. The second-order valence-electron chi connectivity index (χ2n) is 4.03. The molecule has 0 saturated carbocycles. The summed E-state index contributed by atoms with van der Waals surface area (Å²) in [6, 6.07) is 18.6. The summed E-state index contributed by atoms with van der Waals surface area (Å²) in [4.78, 5) is 0. The van der Waals surface area contributed by atoms with E-state index in [0.29, 0.717) is 0 Å². The number of hydrogen-bond acceptors (Lipinski definition) is 0. The van der Waals surface area contributed by atoms with Crippen LogP contribution in [-0.2, 0) is 27.3 Å². The van der Waals surface area contributed by atoms with Crippen molar-refractivity contribution in [1.29, 1.82) is 0 Å². The molecule has 0 unspecified atom stereocenters. The van der Waals surface area contributed by atoms with Crippen LogP contribution in [0.15, 0.2) is 36.4 Å². The monoisotopic (exact) mass is 324 g/mol. The van der Waals surface area contributed by atoms with Gasteiger partial charge in [-0.2, -0.15) is 70.8 Å². The second kappa shape index (κ2) is 8.45. The topological polar surface area (TPSA) is 0 Å². The van der Waals surface area contributed by atoms with Crippen LogP contribution in [0.1, 0.15) is 22.3 Å².